The molecule has 0 aromatic carbocycles. The first kappa shape index (κ1) is 27.3. The van der Waals surface area contributed by atoms with Gasteiger partial charge < -0.3 is 0 Å². The second kappa shape index (κ2) is 16.5. The molecule has 0 amide bonds. The third kappa shape index (κ3) is 8.93. The smallest absolute Gasteiger partial charge is 0 e. The van der Waals surface area contributed by atoms with Crippen molar-refractivity contribution in [2.75, 3.05) is 0 Å². The second-order valence-corrected chi connectivity index (χ2v) is 0. The Labute approximate surface area is 95.4 Å². The maximum atomic E-state index is 0. The summed E-state index contributed by atoms with van der Waals surface area (Å²) in [6.07, 6.45) is 0. The van der Waals surface area contributed by atoms with Crippen LogP contribution in [-0.4, -0.2) is 0 Å². The third-order valence-electron chi connectivity index (χ3n) is 0. The minimum Gasteiger partial charge on any atom is 0 e. The second-order valence-electron chi connectivity index (χ2n) is 0. The van der Waals surface area contributed by atoms with Crippen molar-refractivity contribution >= 4 is 0 Å². The van der Waals surface area contributed by atoms with Crippen LogP contribution in [0.3, 0.4) is 0 Å². The zero-order valence-electron chi connectivity index (χ0n) is 1.73. The van der Waals surface area contributed by atoms with Gasteiger partial charge in [-0.05, 0) is 0 Å². The number of hydrogen-bond acceptors (Lipinski definition) is 0. The van der Waals surface area contributed by atoms with E-state index in [9.17, 15) is 0 Å². The first-order valence-electron chi connectivity index (χ1n) is 0. The average molecular weight is 299 g/mol. The summed E-state index contributed by atoms with van der Waals surface area (Å²) in [4.78, 5) is 0. The van der Waals surface area contributed by atoms with Crippen LogP contribution in [0.4, 0.5) is 0 Å². The molecule has 0 nitrogen and oxygen atoms in total. The SMILES string of the molecule is [Ce].[Fe].[Mn].[Ti]. The quantitative estimate of drug-likeness (QED) is 0.552. The van der Waals surface area contributed by atoms with Gasteiger partial charge in [0.05, 0.1) is 0 Å². The van der Waals surface area contributed by atoms with E-state index in [1.807, 2.05) is 0 Å². The normalized spacial score (nSPS) is 0. The van der Waals surface area contributed by atoms with Crippen LogP contribution in [0.5, 0.6) is 0 Å². The molecule has 0 fully saturated rings. The van der Waals surface area contributed by atoms with E-state index in [-0.39, 0.29) is 97.6 Å². The summed E-state index contributed by atoms with van der Waals surface area (Å²) in [6.45, 7) is 0. The summed E-state index contributed by atoms with van der Waals surface area (Å²) < 4.78 is 0. The van der Waals surface area contributed by atoms with Gasteiger partial charge in [0.25, 0.3) is 0 Å². The molecule has 0 unspecified atom stereocenters. The Bertz CT molecular complexity index is 8.00. The Kier molecular flexibility index (Phi) is 113. The fourth-order valence-corrected chi connectivity index (χ4v) is 0. The molecule has 0 aliphatic heterocycles. The summed E-state index contributed by atoms with van der Waals surface area (Å²) in [5, 5.41) is 0. The molecule has 1 radical (unpaired) electrons. The molecule has 0 aliphatic rings. The molecular formula is CeFeMnTi. The van der Waals surface area contributed by atoms with Crippen LogP contribution in [0.15, 0.2) is 0 Å². The van der Waals surface area contributed by atoms with E-state index >= 15 is 0 Å². The molecule has 0 aromatic heterocycles. The average Bonchev–Trinajstić information content (AvgIpc) is 0. The van der Waals surface area contributed by atoms with Crippen molar-refractivity contribution in [1.82, 2.24) is 0 Å². The Morgan fingerprint density at radius 1 is 1.00 bits per heavy atom. The summed E-state index contributed by atoms with van der Waals surface area (Å²) in [6, 6.07) is 0. The predicted molar refractivity (Wildman–Crippen MR) is 0 cm³/mol. The van der Waals surface area contributed by atoms with E-state index in [0.717, 1.165) is 0 Å². The van der Waals surface area contributed by atoms with Gasteiger partial charge in [-0.15, -0.1) is 0 Å². The van der Waals surface area contributed by atoms with Crippen molar-refractivity contribution in [2.24, 2.45) is 0 Å². The summed E-state index contributed by atoms with van der Waals surface area (Å²) in [5.41, 5.74) is 0. The fourth-order valence-electron chi connectivity index (χ4n) is 0. The summed E-state index contributed by atoms with van der Waals surface area (Å²) >= 11 is 0. The molecular weight excluding hydrogens is 299 g/mol. The molecule has 0 heterocycles. The largest absolute Gasteiger partial charge is 0 e. The van der Waals surface area contributed by atoms with Crippen molar-refractivity contribution in [1.29, 1.82) is 0 Å². The maximum Gasteiger partial charge on any atom is 0 e. The van der Waals surface area contributed by atoms with Gasteiger partial charge >= 0.3 is 0 Å². The van der Waals surface area contributed by atoms with Crippen LogP contribution in [0, 0.1) is 41.7 Å². The monoisotopic (exact) mass is 299 g/mol. The van der Waals surface area contributed by atoms with Gasteiger partial charge in [-0.3, -0.25) is 0 Å². The van der Waals surface area contributed by atoms with E-state index in [1.54, 1.807) is 0 Å². The molecule has 0 spiro atoms. The minimum absolute atomic E-state index is 0. The molecule has 4 heteroatoms. The van der Waals surface area contributed by atoms with Crippen molar-refractivity contribution in [3.8, 4) is 0 Å². The topological polar surface area (TPSA) is 0 Å². The van der Waals surface area contributed by atoms with E-state index in [4.69, 9.17) is 0 Å². The zero-order valence-corrected chi connectivity index (χ0v) is 8.72. The van der Waals surface area contributed by atoms with Gasteiger partial charge in [-0.2, -0.15) is 0 Å². The van der Waals surface area contributed by atoms with E-state index < -0.39 is 0 Å². The van der Waals surface area contributed by atoms with E-state index in [2.05, 4.69) is 0 Å². The van der Waals surface area contributed by atoms with Gasteiger partial charge in [-0.25, -0.2) is 0 Å². The molecule has 0 saturated carbocycles. The van der Waals surface area contributed by atoms with Gasteiger partial charge in [0.1, 0.15) is 0 Å². The van der Waals surface area contributed by atoms with Crippen LogP contribution in [0.2, 0.25) is 0 Å². The molecule has 0 rings (SSSR count). The molecule has 0 aromatic rings. The van der Waals surface area contributed by atoms with Crippen LogP contribution in [-0.2, 0) is 55.9 Å². The predicted octanol–water partition coefficient (Wildman–Crippen LogP) is -0.00750. The van der Waals surface area contributed by atoms with Gasteiger partial charge in [0, 0.05) is 97.6 Å². The number of rotatable bonds is 0. The Hall–Kier alpha value is 3.13. The molecule has 0 saturated heterocycles. The number of hydrogen-bond donors (Lipinski definition) is 0. The Morgan fingerprint density at radius 3 is 1.00 bits per heavy atom. The Balaban J connectivity index is 0. The van der Waals surface area contributed by atoms with E-state index in [1.165, 1.54) is 0 Å². The molecule has 0 aliphatic carbocycles. The van der Waals surface area contributed by atoms with Crippen LogP contribution in [0.25, 0.3) is 0 Å². The molecule has 0 atom stereocenters. The third-order valence-corrected chi connectivity index (χ3v) is 0. The molecule has 23 valence electrons. The minimum atomic E-state index is 0. The van der Waals surface area contributed by atoms with Crippen molar-refractivity contribution < 1.29 is 97.6 Å². The first-order chi connectivity index (χ1) is 0. The molecule has 4 heavy (non-hydrogen) atoms. The van der Waals surface area contributed by atoms with Gasteiger partial charge in [0.2, 0.25) is 0 Å². The summed E-state index contributed by atoms with van der Waals surface area (Å²) in [5.74, 6) is 0. The van der Waals surface area contributed by atoms with Crippen molar-refractivity contribution in [3.05, 3.63) is 0 Å². The van der Waals surface area contributed by atoms with Crippen LogP contribution in [0.1, 0.15) is 0 Å². The standard InChI is InChI=1S/Ce.Fe.Mn.Ti. The van der Waals surface area contributed by atoms with Crippen LogP contribution >= 0.6 is 0 Å². The van der Waals surface area contributed by atoms with E-state index in [0.29, 0.717) is 0 Å². The molecule has 0 bridgehead atoms. The van der Waals surface area contributed by atoms with Crippen molar-refractivity contribution in [3.63, 3.8) is 0 Å². The fraction of sp³-hybridized carbons (Fsp3) is 0. The van der Waals surface area contributed by atoms with Crippen molar-refractivity contribution in [2.45, 2.75) is 0 Å². The Morgan fingerprint density at radius 2 is 1.00 bits per heavy atom. The first-order valence-corrected chi connectivity index (χ1v) is 0. The maximum absolute atomic E-state index is 0. The van der Waals surface area contributed by atoms with Gasteiger partial charge in [0.15, 0.2) is 0 Å². The van der Waals surface area contributed by atoms with Crippen LogP contribution < -0.4 is 0 Å². The summed E-state index contributed by atoms with van der Waals surface area (Å²) in [7, 11) is 0. The molecule has 0 N–H and O–H groups in total. The zero-order chi connectivity index (χ0) is 0. The van der Waals surface area contributed by atoms with Gasteiger partial charge in [-0.1, -0.05) is 0 Å².